The van der Waals surface area contributed by atoms with E-state index >= 15 is 0 Å². The zero-order valence-electron chi connectivity index (χ0n) is 20.2. The van der Waals surface area contributed by atoms with Crippen LogP contribution in [0.5, 0.6) is 0 Å². The minimum atomic E-state index is -4.27. The summed E-state index contributed by atoms with van der Waals surface area (Å²) in [7, 11) is 0. The minimum Gasteiger partial charge on any atom is -0.307 e. The number of hydrogen-bond acceptors (Lipinski definition) is 6. The number of anilines is 1. The van der Waals surface area contributed by atoms with Crippen LogP contribution in [0.25, 0.3) is 0 Å². The number of benzene rings is 1. The average molecular weight is 511 g/mol. The highest BCUT2D eigenvalue weighted by Crippen LogP contribution is 2.41. The molecule has 2 aromatic rings. The predicted molar refractivity (Wildman–Crippen MR) is 134 cm³/mol. The summed E-state index contributed by atoms with van der Waals surface area (Å²) in [5.41, 5.74) is 2.42. The Morgan fingerprint density at radius 1 is 1.19 bits per heavy atom. The number of amides is 1. The number of quaternary nitrogens is 1. The van der Waals surface area contributed by atoms with Gasteiger partial charge in [0.15, 0.2) is 0 Å². The van der Waals surface area contributed by atoms with Crippen LogP contribution in [-0.2, 0) is 0 Å². The third-order valence-corrected chi connectivity index (χ3v) is 6.99. The SMILES string of the molecule is CCN1C[C@@H](C2=C3C=NC=C[N+]3(N)C(c3ccc(C(=O)Nc4ccccn4)cc3)=N2)CC[C@@H]1C(F)(F)F. The summed E-state index contributed by atoms with van der Waals surface area (Å²) >= 11 is 0. The number of nitrogens with one attached hydrogen (secondary N) is 1. The van der Waals surface area contributed by atoms with Gasteiger partial charge in [0.2, 0.25) is 5.70 Å². The number of carbonyl (C=O) groups excluding carboxylic acids is 1. The molecule has 11 heteroatoms. The molecule has 37 heavy (non-hydrogen) atoms. The van der Waals surface area contributed by atoms with E-state index in [2.05, 4.69) is 15.3 Å². The van der Waals surface area contributed by atoms with E-state index in [-0.39, 0.29) is 29.4 Å². The lowest BCUT2D eigenvalue weighted by molar-refractivity contribution is -0.750. The first-order valence-electron chi connectivity index (χ1n) is 12.1. The average Bonchev–Trinajstić information content (AvgIpc) is 3.21. The maximum atomic E-state index is 13.5. The van der Waals surface area contributed by atoms with Crippen LogP contribution in [-0.4, -0.2) is 57.7 Å². The lowest BCUT2D eigenvalue weighted by atomic mass is 9.89. The highest BCUT2D eigenvalue weighted by molar-refractivity contribution is 6.05. The number of fused-ring (bicyclic) bond motifs is 1. The summed E-state index contributed by atoms with van der Waals surface area (Å²) in [4.78, 5) is 27.3. The molecule has 0 bridgehead atoms. The van der Waals surface area contributed by atoms with Gasteiger partial charge in [-0.3, -0.25) is 14.7 Å². The van der Waals surface area contributed by atoms with Crippen molar-refractivity contribution in [2.45, 2.75) is 32.0 Å². The summed E-state index contributed by atoms with van der Waals surface area (Å²) in [6, 6.07) is 10.7. The molecule has 3 atom stereocenters. The first kappa shape index (κ1) is 25.0. The summed E-state index contributed by atoms with van der Waals surface area (Å²) in [5.74, 6) is 7.24. The van der Waals surface area contributed by atoms with Gasteiger partial charge in [-0.2, -0.15) is 24.0 Å². The number of pyridine rings is 1. The summed E-state index contributed by atoms with van der Waals surface area (Å²) in [5, 5.41) is 2.74. The molecule has 1 fully saturated rings. The second kappa shape index (κ2) is 9.66. The number of nitrogens with zero attached hydrogens (tertiary/aromatic N) is 5. The van der Waals surface area contributed by atoms with Gasteiger partial charge >= 0.3 is 6.18 Å². The van der Waals surface area contributed by atoms with Crippen LogP contribution in [0.2, 0.25) is 0 Å². The van der Waals surface area contributed by atoms with Crippen molar-refractivity contribution in [2.75, 3.05) is 18.4 Å². The van der Waals surface area contributed by atoms with Gasteiger partial charge < -0.3 is 5.32 Å². The third-order valence-electron chi connectivity index (χ3n) is 6.99. The van der Waals surface area contributed by atoms with Gasteiger partial charge in [0, 0.05) is 24.2 Å². The number of halogens is 3. The number of aromatic nitrogens is 1. The van der Waals surface area contributed by atoms with Gasteiger partial charge in [-0.15, -0.1) is 4.59 Å². The van der Waals surface area contributed by atoms with Crippen LogP contribution < -0.4 is 11.2 Å². The van der Waals surface area contributed by atoms with Crippen molar-refractivity contribution >= 4 is 23.8 Å². The van der Waals surface area contributed by atoms with Gasteiger partial charge in [0.25, 0.3) is 11.7 Å². The van der Waals surface area contributed by atoms with Gasteiger partial charge in [0.05, 0.1) is 18.0 Å². The van der Waals surface area contributed by atoms with E-state index in [4.69, 9.17) is 10.8 Å². The molecule has 4 heterocycles. The number of carbonyl (C=O) groups is 1. The monoisotopic (exact) mass is 510 g/mol. The summed E-state index contributed by atoms with van der Waals surface area (Å²) in [6.07, 6.45) is 2.58. The standard InChI is InChI=1S/C26H26F3N7O/c1-2-35-16-19(10-11-21(35)26(27,28)29)23-20-15-31-13-14-36(20,30)24(34-23)17-6-8-18(9-7-17)25(37)33-22-5-3-4-12-32-22/h3-9,12-15,19,21H,2,10-11,16,30H2,1H3/p+1/t19-,21+,36?/m0/s1. The van der Waals surface area contributed by atoms with Gasteiger partial charge in [-0.05, 0) is 55.8 Å². The molecule has 192 valence electrons. The number of nitrogens with two attached hydrogens (primary N) is 1. The minimum absolute atomic E-state index is 0.00126. The first-order chi connectivity index (χ1) is 17.7. The van der Waals surface area contributed by atoms with Crippen LogP contribution in [0, 0.1) is 5.92 Å². The fourth-order valence-electron chi connectivity index (χ4n) is 5.09. The largest absolute Gasteiger partial charge is 0.404 e. The Labute approximate surface area is 212 Å². The molecule has 1 amide bonds. The summed E-state index contributed by atoms with van der Waals surface area (Å²) in [6.45, 7) is 2.26. The Bertz CT molecular complexity index is 1300. The molecule has 1 aromatic heterocycles. The maximum Gasteiger partial charge on any atom is 0.404 e. The van der Waals surface area contributed by atoms with Crippen molar-refractivity contribution in [1.29, 1.82) is 0 Å². The van der Waals surface area contributed by atoms with E-state index in [1.165, 1.54) is 4.90 Å². The second-order valence-corrected chi connectivity index (χ2v) is 9.23. The molecule has 3 N–H and O–H groups in total. The molecule has 1 saturated heterocycles. The zero-order chi connectivity index (χ0) is 26.2. The molecule has 1 aromatic carbocycles. The van der Waals surface area contributed by atoms with Crippen molar-refractivity contribution < 1.29 is 22.6 Å². The molecular weight excluding hydrogens is 483 g/mol. The van der Waals surface area contributed by atoms with Crippen molar-refractivity contribution in [3.63, 3.8) is 0 Å². The van der Waals surface area contributed by atoms with Crippen LogP contribution >= 0.6 is 0 Å². The highest BCUT2D eigenvalue weighted by atomic mass is 19.4. The van der Waals surface area contributed by atoms with Gasteiger partial charge in [0.1, 0.15) is 23.8 Å². The lowest BCUT2D eigenvalue weighted by Crippen LogP contribution is -2.53. The van der Waals surface area contributed by atoms with Gasteiger partial charge in [-0.1, -0.05) is 13.0 Å². The van der Waals surface area contributed by atoms with E-state index in [9.17, 15) is 18.0 Å². The number of hydrogen-bond donors (Lipinski definition) is 2. The Morgan fingerprint density at radius 2 is 1.97 bits per heavy atom. The Balaban J connectivity index is 1.41. The second-order valence-electron chi connectivity index (χ2n) is 9.23. The number of likely N-dealkylation sites (tertiary alicyclic amines) is 1. The lowest BCUT2D eigenvalue weighted by Gasteiger charge is -2.39. The van der Waals surface area contributed by atoms with E-state index in [0.29, 0.717) is 47.1 Å². The number of alkyl halides is 3. The van der Waals surface area contributed by atoms with Crippen LogP contribution in [0.3, 0.4) is 0 Å². The molecule has 3 aliphatic rings. The van der Waals surface area contributed by atoms with Crippen molar-refractivity contribution in [1.82, 2.24) is 9.88 Å². The van der Waals surface area contributed by atoms with Crippen molar-refractivity contribution in [2.24, 2.45) is 21.7 Å². The molecule has 0 radical (unpaired) electrons. The molecule has 3 aliphatic heterocycles. The van der Waals surface area contributed by atoms with Gasteiger partial charge in [-0.25, -0.2) is 4.98 Å². The predicted octanol–water partition coefficient (Wildman–Crippen LogP) is 4.21. The highest BCUT2D eigenvalue weighted by Gasteiger charge is 2.50. The first-order valence-corrected chi connectivity index (χ1v) is 12.1. The third kappa shape index (κ3) is 4.73. The summed E-state index contributed by atoms with van der Waals surface area (Å²) < 4.78 is 40.4. The zero-order valence-corrected chi connectivity index (χ0v) is 20.2. The van der Waals surface area contributed by atoms with Crippen molar-refractivity contribution in [3.05, 3.63) is 83.6 Å². The molecule has 5 rings (SSSR count). The molecule has 1 unspecified atom stereocenters. The topological polar surface area (TPSA) is 96.0 Å². The fraction of sp³-hybridized carbons (Fsp3) is 0.308. The molecule has 0 saturated carbocycles. The fourth-order valence-corrected chi connectivity index (χ4v) is 5.09. The number of amidine groups is 1. The quantitative estimate of drug-likeness (QED) is 0.465. The molecule has 8 nitrogen and oxygen atoms in total. The van der Waals surface area contributed by atoms with E-state index < -0.39 is 12.2 Å². The smallest absolute Gasteiger partial charge is 0.307 e. The Kier molecular flexibility index (Phi) is 6.52. The van der Waals surface area contributed by atoms with Crippen molar-refractivity contribution in [3.8, 4) is 0 Å². The van der Waals surface area contributed by atoms with E-state index in [0.717, 1.165) is 0 Å². The number of rotatable bonds is 5. The molecule has 0 aliphatic carbocycles. The normalized spacial score (nSPS) is 25.7. The van der Waals surface area contributed by atoms with Crippen LogP contribution in [0.4, 0.5) is 19.0 Å². The molecular formula is C26H27F3N7O+. The number of allylic oxidation sites excluding steroid dienone is 1. The molecule has 0 spiro atoms. The maximum absolute atomic E-state index is 13.5. The van der Waals surface area contributed by atoms with E-state index in [1.807, 2.05) is 0 Å². The Hall–Kier alpha value is -3.67. The number of piperidine rings is 1. The van der Waals surface area contributed by atoms with E-state index in [1.54, 1.807) is 74.2 Å². The van der Waals surface area contributed by atoms with Crippen LogP contribution in [0.1, 0.15) is 35.7 Å². The van der Waals surface area contributed by atoms with Crippen LogP contribution in [0.15, 0.2) is 82.4 Å². The number of aliphatic imine (C=N–C) groups is 2. The Morgan fingerprint density at radius 3 is 2.65 bits per heavy atom.